The molecule has 3 aromatic rings. The Morgan fingerprint density at radius 2 is 1.81 bits per heavy atom. The molecule has 0 spiro atoms. The van der Waals surface area contributed by atoms with Gasteiger partial charge in [-0.15, -0.1) is 0 Å². The Morgan fingerprint density at radius 1 is 1.03 bits per heavy atom. The summed E-state index contributed by atoms with van der Waals surface area (Å²) < 4.78 is 43.9. The molecule has 0 saturated carbocycles. The van der Waals surface area contributed by atoms with Crippen molar-refractivity contribution in [3.63, 3.8) is 0 Å². The van der Waals surface area contributed by atoms with Crippen molar-refractivity contribution in [2.45, 2.75) is 19.5 Å². The SMILES string of the molecule is CCOc1ccc2ccccc2c1C=NNC(=O)CC(=O)Nc1cccc(C(F)(F)F)c1. The second-order valence-corrected chi connectivity index (χ2v) is 6.73. The molecule has 0 atom stereocenters. The minimum absolute atomic E-state index is 0.0572. The summed E-state index contributed by atoms with van der Waals surface area (Å²) in [5.41, 5.74) is 1.96. The van der Waals surface area contributed by atoms with Gasteiger partial charge in [0.05, 0.1) is 18.4 Å². The summed E-state index contributed by atoms with van der Waals surface area (Å²) in [5, 5.41) is 8.02. The van der Waals surface area contributed by atoms with E-state index in [9.17, 15) is 22.8 Å². The normalized spacial score (nSPS) is 11.5. The first kappa shape index (κ1) is 22.8. The summed E-state index contributed by atoms with van der Waals surface area (Å²) in [4.78, 5) is 24.0. The van der Waals surface area contributed by atoms with Crippen molar-refractivity contribution >= 4 is 34.5 Å². The van der Waals surface area contributed by atoms with Gasteiger partial charge in [0.15, 0.2) is 0 Å². The zero-order valence-corrected chi connectivity index (χ0v) is 17.1. The molecule has 0 bridgehead atoms. The minimum Gasteiger partial charge on any atom is -0.493 e. The lowest BCUT2D eigenvalue weighted by Crippen LogP contribution is -2.24. The highest BCUT2D eigenvalue weighted by molar-refractivity contribution is 6.05. The molecule has 0 radical (unpaired) electrons. The van der Waals surface area contributed by atoms with Crippen LogP contribution >= 0.6 is 0 Å². The summed E-state index contributed by atoms with van der Waals surface area (Å²) >= 11 is 0. The van der Waals surface area contributed by atoms with Gasteiger partial charge in [-0.2, -0.15) is 18.3 Å². The number of alkyl halides is 3. The van der Waals surface area contributed by atoms with Gasteiger partial charge in [0.2, 0.25) is 11.8 Å². The van der Waals surface area contributed by atoms with Crippen LogP contribution in [0.15, 0.2) is 65.8 Å². The number of fused-ring (bicyclic) bond motifs is 1. The van der Waals surface area contributed by atoms with Crippen LogP contribution in [-0.4, -0.2) is 24.6 Å². The zero-order valence-electron chi connectivity index (χ0n) is 17.1. The third-order valence-electron chi connectivity index (χ3n) is 4.41. The number of nitrogens with one attached hydrogen (secondary N) is 2. The molecule has 0 fully saturated rings. The standard InChI is InChI=1S/C23H20F3N3O3/c1-2-32-20-11-10-15-6-3-4-9-18(15)19(20)14-27-29-22(31)13-21(30)28-17-8-5-7-16(12-17)23(24,25)26/h3-12,14H,2,13H2,1H3,(H,28,30)(H,29,31). The monoisotopic (exact) mass is 443 g/mol. The first-order valence-electron chi connectivity index (χ1n) is 9.71. The summed E-state index contributed by atoms with van der Waals surface area (Å²) in [6.07, 6.45) is -3.72. The average Bonchev–Trinajstić information content (AvgIpc) is 2.74. The van der Waals surface area contributed by atoms with E-state index in [1.165, 1.54) is 18.3 Å². The molecule has 0 unspecified atom stereocenters. The first-order valence-corrected chi connectivity index (χ1v) is 9.71. The van der Waals surface area contributed by atoms with Crippen LogP contribution in [0.5, 0.6) is 5.75 Å². The Morgan fingerprint density at radius 3 is 2.56 bits per heavy atom. The number of ether oxygens (including phenoxy) is 1. The van der Waals surface area contributed by atoms with Crippen LogP contribution in [-0.2, 0) is 15.8 Å². The number of rotatable bonds is 7. The van der Waals surface area contributed by atoms with E-state index in [0.29, 0.717) is 17.9 Å². The van der Waals surface area contributed by atoms with Gasteiger partial charge in [0, 0.05) is 11.3 Å². The fourth-order valence-electron chi connectivity index (χ4n) is 3.02. The van der Waals surface area contributed by atoms with Crippen LogP contribution in [0.4, 0.5) is 18.9 Å². The van der Waals surface area contributed by atoms with Gasteiger partial charge in [-0.05, 0) is 42.0 Å². The molecule has 2 amide bonds. The van der Waals surface area contributed by atoms with Crippen LogP contribution in [0.3, 0.4) is 0 Å². The Bertz CT molecular complexity index is 1160. The first-order chi connectivity index (χ1) is 15.3. The number of hydrogen-bond donors (Lipinski definition) is 2. The molecule has 0 heterocycles. The molecule has 0 aromatic heterocycles. The average molecular weight is 443 g/mol. The van der Waals surface area contributed by atoms with Crippen LogP contribution in [0.2, 0.25) is 0 Å². The van der Waals surface area contributed by atoms with Crippen molar-refractivity contribution in [2.75, 3.05) is 11.9 Å². The van der Waals surface area contributed by atoms with Crippen molar-refractivity contribution in [1.29, 1.82) is 0 Å². The van der Waals surface area contributed by atoms with Gasteiger partial charge in [0.25, 0.3) is 0 Å². The van der Waals surface area contributed by atoms with Crippen LogP contribution in [0.25, 0.3) is 10.8 Å². The number of hydrazone groups is 1. The van der Waals surface area contributed by atoms with Crippen LogP contribution < -0.4 is 15.5 Å². The summed E-state index contributed by atoms with van der Waals surface area (Å²) in [5.74, 6) is -0.896. The molecule has 6 nitrogen and oxygen atoms in total. The van der Waals surface area contributed by atoms with Crippen molar-refractivity contribution in [3.05, 3.63) is 71.8 Å². The maximum atomic E-state index is 12.8. The number of hydrogen-bond acceptors (Lipinski definition) is 4. The van der Waals surface area contributed by atoms with Gasteiger partial charge in [-0.1, -0.05) is 36.4 Å². The number of anilines is 1. The van der Waals surface area contributed by atoms with Gasteiger partial charge < -0.3 is 10.1 Å². The van der Waals surface area contributed by atoms with Gasteiger partial charge in [-0.25, -0.2) is 5.43 Å². The number of halogens is 3. The number of nitrogens with zero attached hydrogens (tertiary/aromatic N) is 1. The lowest BCUT2D eigenvalue weighted by atomic mass is 10.0. The predicted molar refractivity (Wildman–Crippen MR) is 116 cm³/mol. The molecule has 9 heteroatoms. The number of amides is 2. The van der Waals surface area contributed by atoms with E-state index in [-0.39, 0.29) is 5.69 Å². The second-order valence-electron chi connectivity index (χ2n) is 6.73. The number of carbonyl (C=O) groups is 2. The largest absolute Gasteiger partial charge is 0.493 e. The lowest BCUT2D eigenvalue weighted by molar-refractivity contribution is -0.137. The summed E-state index contributed by atoms with van der Waals surface area (Å²) in [7, 11) is 0. The smallest absolute Gasteiger partial charge is 0.416 e. The Hall–Kier alpha value is -3.88. The van der Waals surface area contributed by atoms with Crippen molar-refractivity contribution < 1.29 is 27.5 Å². The predicted octanol–water partition coefficient (Wildman–Crippen LogP) is 4.74. The van der Waals surface area contributed by atoms with E-state index in [1.54, 1.807) is 6.07 Å². The van der Waals surface area contributed by atoms with E-state index in [0.717, 1.165) is 22.9 Å². The summed E-state index contributed by atoms with van der Waals surface area (Å²) in [6.45, 7) is 2.29. The highest BCUT2D eigenvalue weighted by Gasteiger charge is 2.30. The van der Waals surface area contributed by atoms with Crippen LogP contribution in [0.1, 0.15) is 24.5 Å². The molecule has 2 N–H and O–H groups in total. The van der Waals surface area contributed by atoms with Gasteiger partial charge >= 0.3 is 6.18 Å². The highest BCUT2D eigenvalue weighted by atomic mass is 19.4. The quantitative estimate of drug-likeness (QED) is 0.315. The van der Waals surface area contributed by atoms with E-state index >= 15 is 0 Å². The second kappa shape index (κ2) is 9.95. The molecule has 32 heavy (non-hydrogen) atoms. The van der Waals surface area contributed by atoms with E-state index < -0.39 is 30.0 Å². The maximum absolute atomic E-state index is 12.8. The minimum atomic E-state index is -4.53. The molecular formula is C23H20F3N3O3. The molecule has 166 valence electrons. The Labute approximate surface area is 182 Å². The van der Waals surface area contributed by atoms with Gasteiger partial charge in [0.1, 0.15) is 12.2 Å². The number of benzene rings is 3. The summed E-state index contributed by atoms with van der Waals surface area (Å²) in [6, 6.07) is 15.5. The topological polar surface area (TPSA) is 79.8 Å². The maximum Gasteiger partial charge on any atom is 0.416 e. The highest BCUT2D eigenvalue weighted by Crippen LogP contribution is 2.30. The van der Waals surface area contributed by atoms with Crippen molar-refractivity contribution in [1.82, 2.24) is 5.43 Å². The molecule has 0 aliphatic heterocycles. The van der Waals surface area contributed by atoms with E-state index in [4.69, 9.17) is 4.74 Å². The van der Waals surface area contributed by atoms with Crippen molar-refractivity contribution in [2.24, 2.45) is 5.10 Å². The van der Waals surface area contributed by atoms with Crippen LogP contribution in [0, 0.1) is 0 Å². The zero-order chi connectivity index (χ0) is 23.1. The molecule has 0 aliphatic rings. The molecule has 0 aliphatic carbocycles. The third kappa shape index (κ3) is 5.84. The fraction of sp³-hybridized carbons (Fsp3) is 0.174. The Balaban J connectivity index is 1.64. The van der Waals surface area contributed by atoms with E-state index in [1.807, 2.05) is 37.3 Å². The Kier molecular flexibility index (Phi) is 7.09. The molecule has 3 rings (SSSR count). The molecular weight excluding hydrogens is 423 g/mol. The van der Waals surface area contributed by atoms with E-state index in [2.05, 4.69) is 15.8 Å². The molecule has 3 aromatic carbocycles. The van der Waals surface area contributed by atoms with Crippen molar-refractivity contribution in [3.8, 4) is 5.75 Å². The third-order valence-corrected chi connectivity index (χ3v) is 4.41. The lowest BCUT2D eigenvalue weighted by Gasteiger charge is -2.10. The number of carbonyl (C=O) groups excluding carboxylic acids is 2. The van der Waals surface area contributed by atoms with Gasteiger partial charge in [-0.3, -0.25) is 9.59 Å². The fourth-order valence-corrected chi connectivity index (χ4v) is 3.02. The molecule has 0 saturated heterocycles.